The number of nitrogens with one attached hydrogen (secondary N) is 3. The first-order valence-corrected chi connectivity index (χ1v) is 39.3. The number of pyridine rings is 3. The van der Waals surface area contributed by atoms with Crippen LogP contribution in [-0.4, -0.2) is 191 Å². The molecule has 584 valence electrons. The maximum atomic E-state index is 12.7. The summed E-state index contributed by atoms with van der Waals surface area (Å²) in [4.78, 5) is 115. The molecule has 30 heteroatoms. The van der Waals surface area contributed by atoms with Crippen LogP contribution in [0.3, 0.4) is 0 Å². The van der Waals surface area contributed by atoms with Crippen molar-refractivity contribution in [3.8, 4) is 17.2 Å². The third-order valence-electron chi connectivity index (χ3n) is 21.5. The Morgan fingerprint density at radius 1 is 0.473 bits per heavy atom. The number of fused-ring (bicyclic) bond motifs is 5. The lowest BCUT2D eigenvalue weighted by Crippen LogP contribution is -2.56. The quantitative estimate of drug-likeness (QED) is 0.0507. The van der Waals surface area contributed by atoms with E-state index >= 15 is 0 Å². The van der Waals surface area contributed by atoms with E-state index in [2.05, 4.69) is 94.9 Å². The molecule has 110 heavy (non-hydrogen) atoms. The number of piperazine rings is 3. The molecule has 9 aromatic rings. The Morgan fingerprint density at radius 2 is 0.836 bits per heavy atom. The number of carbonyl (C=O) groups excluding carboxylic acids is 3. The van der Waals surface area contributed by atoms with Gasteiger partial charge in [0, 0.05) is 156 Å². The van der Waals surface area contributed by atoms with E-state index in [1.54, 1.807) is 78.7 Å². The zero-order chi connectivity index (χ0) is 78.2. The van der Waals surface area contributed by atoms with Crippen molar-refractivity contribution < 1.29 is 28.6 Å². The second-order valence-electron chi connectivity index (χ2n) is 29.1. The molecule has 0 radical (unpaired) electrons. The number of ketones is 3. The van der Waals surface area contributed by atoms with Crippen molar-refractivity contribution in [3.63, 3.8) is 0 Å². The van der Waals surface area contributed by atoms with Crippen molar-refractivity contribution in [2.75, 3.05) is 109 Å². The second kappa shape index (κ2) is 35.7. The number of hydrogen-bond donors (Lipinski definition) is 3. The highest BCUT2D eigenvalue weighted by Crippen LogP contribution is 2.36. The van der Waals surface area contributed by atoms with Gasteiger partial charge in [-0.2, -0.15) is 15.0 Å². The summed E-state index contributed by atoms with van der Waals surface area (Å²) in [7, 11) is 5.06. The van der Waals surface area contributed by atoms with Crippen LogP contribution in [0.25, 0.3) is 32.7 Å². The van der Waals surface area contributed by atoms with Crippen molar-refractivity contribution >= 4 is 137 Å². The first-order valence-electron chi connectivity index (χ1n) is 38.2. The normalized spacial score (nSPS) is 18.7. The average Bonchev–Trinajstić information content (AvgIpc) is 1.50. The van der Waals surface area contributed by atoms with E-state index in [1.807, 2.05) is 54.6 Å². The molecule has 0 saturated carbocycles. The van der Waals surface area contributed by atoms with E-state index in [0.29, 0.717) is 106 Å². The highest BCUT2D eigenvalue weighted by molar-refractivity contribution is 6.33. The predicted molar refractivity (Wildman–Crippen MR) is 436 cm³/mol. The van der Waals surface area contributed by atoms with E-state index < -0.39 is 0 Å². The van der Waals surface area contributed by atoms with Crippen molar-refractivity contribution in [2.24, 2.45) is 21.1 Å². The molecule has 6 aromatic heterocycles. The van der Waals surface area contributed by atoms with Gasteiger partial charge in [0.2, 0.25) is 17.8 Å². The third-order valence-corrected chi connectivity index (χ3v) is 22.4. The van der Waals surface area contributed by atoms with Crippen molar-refractivity contribution in [1.82, 2.24) is 58.3 Å². The summed E-state index contributed by atoms with van der Waals surface area (Å²) in [5, 5.41) is 13.6. The minimum atomic E-state index is -0.288. The van der Waals surface area contributed by atoms with Crippen LogP contribution >= 0.6 is 34.8 Å². The lowest BCUT2D eigenvalue weighted by molar-refractivity contribution is -0.121. The Hall–Kier alpha value is -9.51. The van der Waals surface area contributed by atoms with E-state index in [1.165, 1.54) is 52.5 Å². The largest absolute Gasteiger partial charge is 0.480 e. The van der Waals surface area contributed by atoms with Crippen LogP contribution in [-0.2, 0) is 35.5 Å². The Morgan fingerprint density at radius 3 is 1.22 bits per heavy atom. The van der Waals surface area contributed by atoms with Gasteiger partial charge < -0.3 is 58.6 Å². The predicted octanol–water partition coefficient (Wildman–Crippen LogP) is 12.3. The molecule has 5 saturated heterocycles. The molecule has 0 spiro atoms. The van der Waals surface area contributed by atoms with Gasteiger partial charge in [0.25, 0.3) is 16.7 Å². The molecule has 27 nitrogen and oxygen atoms in total. The number of halogens is 3. The summed E-state index contributed by atoms with van der Waals surface area (Å²) >= 11 is 19.4. The Balaban J connectivity index is 0.000000154. The third kappa shape index (κ3) is 18.2. The lowest BCUT2D eigenvalue weighted by atomic mass is 10.1. The molecule has 5 fully saturated rings. The summed E-state index contributed by atoms with van der Waals surface area (Å²) in [6.45, 7) is 24.8. The van der Waals surface area contributed by atoms with Gasteiger partial charge in [0.05, 0.1) is 35.1 Å². The smallest absolute Gasteiger partial charge is 0.293 e. The molecule has 0 amide bonds. The Labute approximate surface area is 655 Å². The summed E-state index contributed by atoms with van der Waals surface area (Å²) in [6.07, 6.45) is 13.1. The molecule has 5 atom stereocenters. The van der Waals surface area contributed by atoms with Gasteiger partial charge >= 0.3 is 0 Å². The minimum Gasteiger partial charge on any atom is -0.480 e. The maximum absolute atomic E-state index is 12.7. The number of nitrogens with zero attached hydrogens (tertiary/aromatic N) is 15. The molecule has 5 aliphatic heterocycles. The maximum Gasteiger partial charge on any atom is 0.293 e. The first-order chi connectivity index (χ1) is 52.9. The number of ether oxygens (including phenoxy) is 3. The fourth-order valence-electron chi connectivity index (χ4n) is 15.3. The lowest BCUT2D eigenvalue weighted by Gasteiger charge is -2.43. The van der Waals surface area contributed by atoms with Crippen LogP contribution in [0.1, 0.15) is 113 Å². The molecule has 11 heterocycles. The number of benzene rings is 3. The van der Waals surface area contributed by atoms with E-state index in [0.717, 1.165) is 108 Å². The molecule has 0 bridgehead atoms. The van der Waals surface area contributed by atoms with Crippen LogP contribution in [0.2, 0.25) is 15.1 Å². The summed E-state index contributed by atoms with van der Waals surface area (Å²) in [5.74, 6) is 3.80. The van der Waals surface area contributed by atoms with Gasteiger partial charge in [-0.1, -0.05) is 69.4 Å². The fourth-order valence-corrected chi connectivity index (χ4v) is 15.7. The molecule has 4 unspecified atom stereocenters. The summed E-state index contributed by atoms with van der Waals surface area (Å²) < 4.78 is 21.1. The van der Waals surface area contributed by atoms with Gasteiger partial charge in [-0.15, -0.1) is 0 Å². The number of aryl methyl sites for hydroxylation is 3. The number of rotatable bonds is 24. The van der Waals surface area contributed by atoms with Crippen LogP contribution in [0, 0.1) is 0 Å². The SMILES string of the molecule is CCC(=O)COc1cc2cc(Nc3nc(N4CC(CC)N5CCCC5C4)ncc3Cl)ccc2n(C)c1=O.CCC(=O)COc1cc2cc(Nc3nc(N4CC5CCCN5[C@H](C)C4)ncc3Cl)ccc2n(C)c1=O.CCC(=O)COc1cc2cc(Nc3nc(N4CCN(C(C)C)C(CC)C4)ncc3Cl)ccc2n(C)c1=O. The number of anilines is 9. The number of aromatic nitrogens is 9. The van der Waals surface area contributed by atoms with Crippen LogP contribution in [0.4, 0.5) is 52.4 Å². The molecule has 3 N–H and O–H groups in total. The van der Waals surface area contributed by atoms with Crippen LogP contribution < -0.4 is 61.5 Å². The van der Waals surface area contributed by atoms with Crippen LogP contribution in [0.15, 0.2) is 106 Å². The van der Waals surface area contributed by atoms with Crippen molar-refractivity contribution in [1.29, 1.82) is 0 Å². The highest BCUT2D eigenvalue weighted by Gasteiger charge is 2.39. The van der Waals surface area contributed by atoms with Gasteiger partial charge in [-0.25, -0.2) is 15.0 Å². The zero-order valence-electron chi connectivity index (χ0n) is 64.5. The topological polar surface area (TPSA) is 278 Å². The second-order valence-corrected chi connectivity index (χ2v) is 30.3. The molecular formula is C80H99Cl3N18O9. The fraction of sp³-hybridized carbons (Fsp3) is 0.475. The first kappa shape index (κ1) is 80.0. The van der Waals surface area contributed by atoms with Gasteiger partial charge in [0.1, 0.15) is 34.9 Å². The van der Waals surface area contributed by atoms with Crippen molar-refractivity contribution in [2.45, 2.75) is 149 Å². The molecule has 5 aliphatic rings. The Bertz CT molecular complexity index is 5050. The number of carbonyl (C=O) groups is 3. The number of Topliss-reactive ketones (excluding diaryl/α,β-unsaturated/α-hetero) is 3. The summed E-state index contributed by atoms with van der Waals surface area (Å²) in [5.41, 5.74) is 3.66. The van der Waals surface area contributed by atoms with E-state index in [-0.39, 0.29) is 71.1 Å². The van der Waals surface area contributed by atoms with Gasteiger partial charge in [0.15, 0.2) is 52.1 Å². The highest BCUT2D eigenvalue weighted by atomic mass is 35.5. The Kier molecular flexibility index (Phi) is 25.9. The molecule has 14 rings (SSSR count). The minimum absolute atomic E-state index is 0.0635. The molecule has 0 aliphatic carbocycles. The van der Waals surface area contributed by atoms with Crippen LogP contribution in [0.5, 0.6) is 17.2 Å². The van der Waals surface area contributed by atoms with Crippen molar-refractivity contribution in [3.05, 3.63) is 138 Å². The van der Waals surface area contributed by atoms with Gasteiger partial charge in [-0.05, 0) is 145 Å². The van der Waals surface area contributed by atoms with E-state index in [9.17, 15) is 28.8 Å². The summed E-state index contributed by atoms with van der Waals surface area (Å²) in [6, 6.07) is 24.9. The standard InChI is InChI=1S/C27H33ClN6O3.C27H35ClN6O3.C26H31ClN6O3/c1-4-19-14-33(15-20-7-6-10-34(19)20)27-29-13-22(28)25(31-27)30-18-8-9-23-17(11-18)12-24(26(36)32(23)3)37-16-21(35)5-2;1-6-20-15-33(10-11-34(20)17(3)4)27-29-14-22(28)25(31-27)30-19-8-9-23-18(12-19)13-24(26(36)32(23)5)37-16-21(35)7-2;1-4-20(34)15-36-23-11-17-10-18(7-8-22(17)31(3)25(23)35)29-24-21(27)12-28-26(30-24)32-13-16(2)33-9-5-6-19(33)14-32/h8-9,11-13,19-20H,4-7,10,14-16H2,1-3H3,(H,29,30,31);8-9,12-14,17,20H,6-7,10-11,15-16H2,1-5H3,(H,29,30,31);7-8,10-12,16,19H,4-6,9,13-15H2,1-3H3,(H,28,29,30)/t;;16-,19?/m..1/s1. The average molecular weight is 1560 g/mol. The number of hydrogen-bond acceptors (Lipinski definition) is 24. The van der Waals surface area contributed by atoms with E-state index in [4.69, 9.17) is 64.0 Å². The monoisotopic (exact) mass is 1560 g/mol. The zero-order valence-corrected chi connectivity index (χ0v) is 66.8. The molecular weight excluding hydrogens is 1460 g/mol. The molecule has 3 aromatic carbocycles. The van der Waals surface area contributed by atoms with Gasteiger partial charge in [-0.3, -0.25) is 43.5 Å².